The lowest BCUT2D eigenvalue weighted by atomic mass is 10.1. The molecule has 8 heteroatoms. The third-order valence-electron chi connectivity index (χ3n) is 5.82. The van der Waals surface area contributed by atoms with Crippen LogP contribution in [0.3, 0.4) is 0 Å². The number of amides is 1. The largest absolute Gasteiger partial charge is 0.496 e. The number of ether oxygens (including phenoxy) is 2. The van der Waals surface area contributed by atoms with Gasteiger partial charge in [-0.3, -0.25) is 9.69 Å². The maximum atomic E-state index is 14.0. The smallest absolute Gasteiger partial charge is 0.253 e. The van der Waals surface area contributed by atoms with Crippen LogP contribution < -0.4 is 9.47 Å². The monoisotopic (exact) mass is 486 g/mol. The quantitative estimate of drug-likeness (QED) is 0.462. The molecule has 1 aliphatic rings. The van der Waals surface area contributed by atoms with Gasteiger partial charge in [0.2, 0.25) is 0 Å². The van der Waals surface area contributed by atoms with E-state index in [1.807, 2.05) is 4.90 Å². The lowest BCUT2D eigenvalue weighted by Crippen LogP contribution is -2.48. The molecule has 34 heavy (non-hydrogen) atoms. The van der Waals surface area contributed by atoms with Crippen molar-refractivity contribution in [3.8, 4) is 11.5 Å². The summed E-state index contributed by atoms with van der Waals surface area (Å²) in [5.41, 5.74) is 1.61. The van der Waals surface area contributed by atoms with Crippen molar-refractivity contribution in [3.05, 3.63) is 94.0 Å². The maximum Gasteiger partial charge on any atom is 0.253 e. The molecular weight excluding hydrogens is 462 g/mol. The third-order valence-corrected chi connectivity index (χ3v) is 6.07. The summed E-state index contributed by atoms with van der Waals surface area (Å²) in [4.78, 5) is 16.9. The SMILES string of the molecule is COc1ccc(C(=O)N2CCN(Cc3cccc(F)c3F)CC2)cc1COc1ccc(Cl)cc1. The minimum atomic E-state index is -0.846. The Morgan fingerprint density at radius 1 is 0.971 bits per heavy atom. The van der Waals surface area contributed by atoms with Gasteiger partial charge in [0.1, 0.15) is 18.1 Å². The molecule has 1 heterocycles. The highest BCUT2D eigenvalue weighted by molar-refractivity contribution is 6.30. The molecule has 0 N–H and O–H groups in total. The first-order valence-corrected chi connectivity index (χ1v) is 11.3. The molecule has 0 saturated carbocycles. The van der Waals surface area contributed by atoms with E-state index >= 15 is 0 Å². The summed E-state index contributed by atoms with van der Waals surface area (Å²) < 4.78 is 38.7. The molecule has 1 aliphatic heterocycles. The summed E-state index contributed by atoms with van der Waals surface area (Å²) in [6.45, 7) is 2.69. The van der Waals surface area contributed by atoms with Crippen LogP contribution in [0.5, 0.6) is 11.5 Å². The Morgan fingerprint density at radius 3 is 2.41 bits per heavy atom. The van der Waals surface area contributed by atoms with Gasteiger partial charge in [0.25, 0.3) is 5.91 Å². The normalized spacial score (nSPS) is 14.2. The van der Waals surface area contributed by atoms with Crippen molar-refractivity contribution in [2.75, 3.05) is 33.3 Å². The zero-order valence-corrected chi connectivity index (χ0v) is 19.5. The number of nitrogens with zero attached hydrogens (tertiary/aromatic N) is 2. The molecule has 0 unspecified atom stereocenters. The topological polar surface area (TPSA) is 42.0 Å². The van der Waals surface area contributed by atoms with Crippen molar-refractivity contribution in [1.29, 1.82) is 0 Å². The zero-order chi connectivity index (χ0) is 24.1. The highest BCUT2D eigenvalue weighted by atomic mass is 35.5. The number of rotatable bonds is 7. The third kappa shape index (κ3) is 5.66. The summed E-state index contributed by atoms with van der Waals surface area (Å²) in [6.07, 6.45) is 0. The van der Waals surface area contributed by atoms with Gasteiger partial charge in [0.05, 0.1) is 7.11 Å². The number of hydrogen-bond donors (Lipinski definition) is 0. The second-order valence-electron chi connectivity index (χ2n) is 8.05. The Labute approximate surface area is 202 Å². The molecule has 0 aromatic heterocycles. The zero-order valence-electron chi connectivity index (χ0n) is 18.8. The maximum absolute atomic E-state index is 14.0. The Hall–Kier alpha value is -3.16. The van der Waals surface area contributed by atoms with Gasteiger partial charge in [-0.2, -0.15) is 0 Å². The Morgan fingerprint density at radius 2 is 1.71 bits per heavy atom. The van der Waals surface area contributed by atoms with Gasteiger partial charge >= 0.3 is 0 Å². The summed E-state index contributed by atoms with van der Waals surface area (Å²) >= 11 is 5.92. The summed E-state index contributed by atoms with van der Waals surface area (Å²) in [5, 5.41) is 0.624. The summed E-state index contributed by atoms with van der Waals surface area (Å²) in [7, 11) is 1.57. The van der Waals surface area contributed by atoms with Gasteiger partial charge < -0.3 is 14.4 Å². The number of methoxy groups -OCH3 is 1. The molecule has 3 aromatic carbocycles. The van der Waals surface area contributed by atoms with Crippen molar-refractivity contribution in [2.45, 2.75) is 13.2 Å². The molecule has 178 valence electrons. The number of carbonyl (C=O) groups is 1. The van der Waals surface area contributed by atoms with Gasteiger partial charge in [-0.1, -0.05) is 23.7 Å². The van der Waals surface area contributed by atoms with E-state index in [0.29, 0.717) is 60.4 Å². The van der Waals surface area contributed by atoms with Crippen LogP contribution in [0, 0.1) is 11.6 Å². The average Bonchev–Trinajstić information content (AvgIpc) is 2.86. The molecule has 4 rings (SSSR count). The Kier molecular flexibility index (Phi) is 7.65. The van der Waals surface area contributed by atoms with Crippen LogP contribution in [-0.4, -0.2) is 49.0 Å². The van der Waals surface area contributed by atoms with E-state index in [1.54, 1.807) is 60.5 Å². The van der Waals surface area contributed by atoms with E-state index < -0.39 is 11.6 Å². The van der Waals surface area contributed by atoms with Gasteiger partial charge in [-0.05, 0) is 48.5 Å². The lowest BCUT2D eigenvalue weighted by Gasteiger charge is -2.35. The van der Waals surface area contributed by atoms with Crippen molar-refractivity contribution >= 4 is 17.5 Å². The van der Waals surface area contributed by atoms with Crippen LogP contribution in [0.4, 0.5) is 8.78 Å². The average molecular weight is 487 g/mol. The second kappa shape index (κ2) is 10.8. The molecule has 1 amide bonds. The van der Waals surface area contributed by atoms with Gasteiger partial charge in [0.15, 0.2) is 11.6 Å². The minimum Gasteiger partial charge on any atom is -0.496 e. The van der Waals surface area contributed by atoms with E-state index in [-0.39, 0.29) is 12.5 Å². The second-order valence-corrected chi connectivity index (χ2v) is 8.49. The van der Waals surface area contributed by atoms with Gasteiger partial charge in [-0.15, -0.1) is 0 Å². The summed E-state index contributed by atoms with van der Waals surface area (Å²) in [5.74, 6) is -0.456. The molecule has 1 fully saturated rings. The number of piperazine rings is 1. The van der Waals surface area contributed by atoms with Crippen LogP contribution in [0.25, 0.3) is 0 Å². The molecular formula is C26H25ClF2N2O3. The van der Waals surface area contributed by atoms with E-state index in [9.17, 15) is 13.6 Å². The molecule has 0 bridgehead atoms. The van der Waals surface area contributed by atoms with E-state index in [2.05, 4.69) is 0 Å². The molecule has 0 radical (unpaired) electrons. The fraction of sp³-hybridized carbons (Fsp3) is 0.269. The fourth-order valence-corrected chi connectivity index (χ4v) is 4.05. The lowest BCUT2D eigenvalue weighted by molar-refractivity contribution is 0.0626. The summed E-state index contributed by atoms with van der Waals surface area (Å²) in [6, 6.07) is 16.5. The molecule has 0 spiro atoms. The Bertz CT molecular complexity index is 1150. The number of hydrogen-bond acceptors (Lipinski definition) is 4. The van der Waals surface area contributed by atoms with Gasteiger partial charge in [-0.25, -0.2) is 8.78 Å². The minimum absolute atomic E-state index is 0.0908. The first-order chi connectivity index (χ1) is 16.4. The molecule has 0 atom stereocenters. The predicted molar refractivity (Wildman–Crippen MR) is 126 cm³/mol. The molecule has 1 saturated heterocycles. The van der Waals surface area contributed by atoms with E-state index in [0.717, 1.165) is 11.6 Å². The highest BCUT2D eigenvalue weighted by Gasteiger charge is 2.24. The van der Waals surface area contributed by atoms with E-state index in [1.165, 1.54) is 6.07 Å². The number of halogens is 3. The molecule has 3 aromatic rings. The molecule has 0 aliphatic carbocycles. The van der Waals surface area contributed by atoms with Crippen molar-refractivity contribution < 1.29 is 23.0 Å². The number of benzene rings is 3. The standard InChI is InChI=1S/C26H25ClF2N2O3/c1-33-24-10-5-18(15-20(24)17-34-22-8-6-21(27)7-9-22)26(32)31-13-11-30(12-14-31)16-19-3-2-4-23(28)25(19)29/h2-10,15H,11-14,16-17H2,1H3. The van der Waals surface area contributed by atoms with Crippen molar-refractivity contribution in [1.82, 2.24) is 9.80 Å². The fourth-order valence-electron chi connectivity index (χ4n) is 3.92. The first-order valence-electron chi connectivity index (χ1n) is 10.9. The van der Waals surface area contributed by atoms with Gasteiger partial charge in [0, 0.05) is 54.4 Å². The van der Waals surface area contributed by atoms with Crippen molar-refractivity contribution in [3.63, 3.8) is 0 Å². The predicted octanol–water partition coefficient (Wildman–Crippen LogP) is 5.16. The van der Waals surface area contributed by atoms with Crippen LogP contribution in [0.2, 0.25) is 5.02 Å². The molecule has 5 nitrogen and oxygen atoms in total. The first kappa shape index (κ1) is 24.0. The number of carbonyl (C=O) groups excluding carboxylic acids is 1. The van der Waals surface area contributed by atoms with Crippen LogP contribution in [0.1, 0.15) is 21.5 Å². The Balaban J connectivity index is 1.38. The van der Waals surface area contributed by atoms with Crippen LogP contribution in [-0.2, 0) is 13.2 Å². The van der Waals surface area contributed by atoms with E-state index in [4.69, 9.17) is 21.1 Å². The highest BCUT2D eigenvalue weighted by Crippen LogP contribution is 2.24. The van der Waals surface area contributed by atoms with Crippen molar-refractivity contribution in [2.24, 2.45) is 0 Å². The van der Waals surface area contributed by atoms with Crippen LogP contribution >= 0.6 is 11.6 Å². The van der Waals surface area contributed by atoms with Crippen LogP contribution in [0.15, 0.2) is 60.7 Å².